The number of thiophene rings is 1. The average molecular weight is 401 g/mol. The molecule has 150 valence electrons. The molecule has 1 aliphatic carbocycles. The zero-order chi connectivity index (χ0) is 20.0. The summed E-state index contributed by atoms with van der Waals surface area (Å²) in [6.45, 7) is 4.17. The number of carbonyl (C=O) groups excluding carboxylic acids is 2. The molecule has 0 bridgehead atoms. The second kappa shape index (κ2) is 9.28. The lowest BCUT2D eigenvalue weighted by molar-refractivity contribution is -0.132. The van der Waals surface area contributed by atoms with Crippen molar-refractivity contribution < 1.29 is 9.59 Å². The SMILES string of the molecule is CCC(C)(C(=O)NC1CCCCC1)N(Cc1cccs1)C(=O)c1cnccn1. The van der Waals surface area contributed by atoms with Crippen LogP contribution in [0.5, 0.6) is 0 Å². The molecule has 0 saturated heterocycles. The highest BCUT2D eigenvalue weighted by Gasteiger charge is 2.42. The summed E-state index contributed by atoms with van der Waals surface area (Å²) in [5.41, 5.74) is -0.708. The van der Waals surface area contributed by atoms with Gasteiger partial charge in [-0.3, -0.25) is 14.6 Å². The van der Waals surface area contributed by atoms with Gasteiger partial charge in [-0.15, -0.1) is 11.3 Å². The first-order valence-electron chi connectivity index (χ1n) is 9.96. The van der Waals surface area contributed by atoms with Crippen LogP contribution in [0.1, 0.15) is 67.7 Å². The molecule has 7 heteroatoms. The molecule has 1 N–H and O–H groups in total. The normalized spacial score (nSPS) is 16.9. The van der Waals surface area contributed by atoms with Crippen LogP contribution in [0.2, 0.25) is 0 Å². The molecule has 0 radical (unpaired) electrons. The molecule has 1 aliphatic rings. The highest BCUT2D eigenvalue weighted by Crippen LogP contribution is 2.27. The molecule has 1 saturated carbocycles. The number of nitrogens with zero attached hydrogens (tertiary/aromatic N) is 3. The van der Waals surface area contributed by atoms with Gasteiger partial charge in [-0.05, 0) is 37.6 Å². The van der Waals surface area contributed by atoms with Gasteiger partial charge < -0.3 is 10.2 Å². The first kappa shape index (κ1) is 20.5. The zero-order valence-corrected chi connectivity index (χ0v) is 17.4. The van der Waals surface area contributed by atoms with E-state index >= 15 is 0 Å². The van der Waals surface area contributed by atoms with Crippen molar-refractivity contribution in [2.24, 2.45) is 0 Å². The van der Waals surface area contributed by atoms with E-state index in [1.165, 1.54) is 25.0 Å². The maximum Gasteiger partial charge on any atom is 0.275 e. The molecule has 1 unspecified atom stereocenters. The highest BCUT2D eigenvalue weighted by molar-refractivity contribution is 7.09. The van der Waals surface area contributed by atoms with Gasteiger partial charge in [0.15, 0.2) is 0 Å². The van der Waals surface area contributed by atoms with Crippen LogP contribution in [-0.4, -0.2) is 38.3 Å². The summed E-state index contributed by atoms with van der Waals surface area (Å²) < 4.78 is 0. The van der Waals surface area contributed by atoms with Gasteiger partial charge in [0.05, 0.1) is 12.7 Å². The Morgan fingerprint density at radius 2 is 2.07 bits per heavy atom. The van der Waals surface area contributed by atoms with E-state index in [4.69, 9.17) is 0 Å². The monoisotopic (exact) mass is 400 g/mol. The van der Waals surface area contributed by atoms with Crippen molar-refractivity contribution in [3.05, 3.63) is 46.7 Å². The zero-order valence-electron chi connectivity index (χ0n) is 16.6. The fraction of sp³-hybridized carbons (Fsp3) is 0.524. The third-order valence-corrected chi connectivity index (χ3v) is 6.50. The molecule has 1 atom stereocenters. The van der Waals surface area contributed by atoms with Crippen molar-refractivity contribution in [2.45, 2.75) is 70.5 Å². The van der Waals surface area contributed by atoms with Crippen molar-refractivity contribution in [1.29, 1.82) is 0 Å². The van der Waals surface area contributed by atoms with Crippen LogP contribution in [-0.2, 0) is 11.3 Å². The third kappa shape index (κ3) is 4.58. The Kier molecular flexibility index (Phi) is 6.78. The molecule has 3 rings (SSSR count). The van der Waals surface area contributed by atoms with E-state index in [0.29, 0.717) is 13.0 Å². The molecule has 0 aromatic carbocycles. The number of carbonyl (C=O) groups is 2. The highest BCUT2D eigenvalue weighted by atomic mass is 32.1. The fourth-order valence-corrected chi connectivity index (χ4v) is 4.33. The summed E-state index contributed by atoms with van der Waals surface area (Å²) >= 11 is 1.58. The molecule has 6 nitrogen and oxygen atoms in total. The van der Waals surface area contributed by atoms with Crippen molar-refractivity contribution in [3.63, 3.8) is 0 Å². The Morgan fingerprint density at radius 1 is 1.29 bits per heavy atom. The van der Waals surface area contributed by atoms with Crippen LogP contribution in [0.15, 0.2) is 36.1 Å². The van der Waals surface area contributed by atoms with E-state index in [-0.39, 0.29) is 23.6 Å². The lowest BCUT2D eigenvalue weighted by atomic mass is 9.91. The minimum absolute atomic E-state index is 0.0873. The molecule has 1 fully saturated rings. The molecule has 2 heterocycles. The Bertz CT molecular complexity index is 775. The average Bonchev–Trinajstić information content (AvgIpc) is 3.25. The van der Waals surface area contributed by atoms with Crippen molar-refractivity contribution in [3.8, 4) is 0 Å². The van der Waals surface area contributed by atoms with Gasteiger partial charge in [0.1, 0.15) is 11.2 Å². The maximum atomic E-state index is 13.3. The first-order valence-corrected chi connectivity index (χ1v) is 10.8. The Morgan fingerprint density at radius 3 is 2.68 bits per heavy atom. The van der Waals surface area contributed by atoms with E-state index < -0.39 is 5.54 Å². The number of aromatic nitrogens is 2. The smallest absolute Gasteiger partial charge is 0.275 e. The second-order valence-electron chi connectivity index (χ2n) is 7.50. The lowest BCUT2D eigenvalue weighted by Crippen LogP contribution is -2.60. The van der Waals surface area contributed by atoms with E-state index in [9.17, 15) is 9.59 Å². The third-order valence-electron chi connectivity index (χ3n) is 5.64. The van der Waals surface area contributed by atoms with Crippen LogP contribution in [0, 0.1) is 0 Å². The van der Waals surface area contributed by atoms with Crippen molar-refractivity contribution in [2.75, 3.05) is 0 Å². The first-order chi connectivity index (χ1) is 13.5. The summed E-state index contributed by atoms with van der Waals surface area (Å²) in [6, 6.07) is 4.13. The van der Waals surface area contributed by atoms with Crippen molar-refractivity contribution in [1.82, 2.24) is 20.2 Å². The van der Waals surface area contributed by atoms with Crippen LogP contribution in [0.3, 0.4) is 0 Å². The van der Waals surface area contributed by atoms with Gasteiger partial charge >= 0.3 is 0 Å². The van der Waals surface area contributed by atoms with E-state index in [2.05, 4.69) is 15.3 Å². The second-order valence-corrected chi connectivity index (χ2v) is 8.53. The number of nitrogens with one attached hydrogen (secondary N) is 1. The largest absolute Gasteiger partial charge is 0.351 e. The number of amides is 2. The van der Waals surface area contributed by atoms with Gasteiger partial charge in [-0.2, -0.15) is 0 Å². The van der Waals surface area contributed by atoms with E-state index in [1.54, 1.807) is 16.2 Å². The summed E-state index contributed by atoms with van der Waals surface area (Å²) in [6.07, 6.45) is 10.5. The summed E-state index contributed by atoms with van der Waals surface area (Å²) in [5, 5.41) is 5.19. The minimum atomic E-state index is -0.962. The van der Waals surface area contributed by atoms with Gasteiger partial charge in [0.2, 0.25) is 5.91 Å². The standard InChI is InChI=1S/C21H28N4O2S/c1-3-21(2,20(27)24-16-8-5-4-6-9-16)25(15-17-10-7-13-28-17)19(26)18-14-22-11-12-23-18/h7,10-14,16H,3-6,8-9,15H2,1-2H3,(H,24,27). The Balaban J connectivity index is 1.88. The fourth-order valence-electron chi connectivity index (χ4n) is 3.64. The van der Waals surface area contributed by atoms with E-state index in [0.717, 1.165) is 30.6 Å². The molecular formula is C21H28N4O2S. The van der Waals surface area contributed by atoms with Crippen LogP contribution in [0.25, 0.3) is 0 Å². The Labute approximate surface area is 170 Å². The topological polar surface area (TPSA) is 75.2 Å². The summed E-state index contributed by atoms with van der Waals surface area (Å²) in [4.78, 5) is 37.5. The quantitative estimate of drug-likeness (QED) is 0.767. The summed E-state index contributed by atoms with van der Waals surface area (Å²) in [7, 11) is 0. The van der Waals surface area contributed by atoms with Crippen molar-refractivity contribution >= 4 is 23.2 Å². The van der Waals surface area contributed by atoms with Crippen LogP contribution < -0.4 is 5.32 Å². The number of hydrogen-bond donors (Lipinski definition) is 1. The molecule has 2 amide bonds. The number of hydrogen-bond acceptors (Lipinski definition) is 5. The molecule has 2 aromatic heterocycles. The van der Waals surface area contributed by atoms with Crippen LogP contribution in [0.4, 0.5) is 0 Å². The van der Waals surface area contributed by atoms with Gasteiger partial charge in [-0.25, -0.2) is 4.98 Å². The molecular weight excluding hydrogens is 372 g/mol. The minimum Gasteiger partial charge on any atom is -0.351 e. The Hall–Kier alpha value is -2.28. The maximum absolute atomic E-state index is 13.3. The molecule has 0 spiro atoms. The lowest BCUT2D eigenvalue weighted by Gasteiger charge is -2.40. The van der Waals surface area contributed by atoms with Gasteiger partial charge in [0, 0.05) is 23.3 Å². The number of rotatable bonds is 7. The van der Waals surface area contributed by atoms with Gasteiger partial charge in [-0.1, -0.05) is 32.3 Å². The summed E-state index contributed by atoms with van der Waals surface area (Å²) in [5.74, 6) is -0.361. The van der Waals surface area contributed by atoms with Crippen LogP contribution >= 0.6 is 11.3 Å². The molecule has 2 aromatic rings. The molecule has 28 heavy (non-hydrogen) atoms. The molecule has 0 aliphatic heterocycles. The predicted molar refractivity (Wildman–Crippen MR) is 110 cm³/mol. The van der Waals surface area contributed by atoms with E-state index in [1.807, 2.05) is 31.4 Å². The van der Waals surface area contributed by atoms with Gasteiger partial charge in [0.25, 0.3) is 5.91 Å². The predicted octanol–water partition coefficient (Wildman–Crippen LogP) is 3.80.